The van der Waals surface area contributed by atoms with Gasteiger partial charge in [-0.15, -0.1) is 0 Å². The minimum Gasteiger partial charge on any atom is -0.494 e. The van der Waals surface area contributed by atoms with Crippen molar-refractivity contribution in [2.75, 3.05) is 26.4 Å². The summed E-state index contributed by atoms with van der Waals surface area (Å²) in [7, 11) is 0. The van der Waals surface area contributed by atoms with Crippen molar-refractivity contribution >= 4 is 11.6 Å². The molecule has 0 bridgehead atoms. The van der Waals surface area contributed by atoms with Crippen LogP contribution in [0.15, 0.2) is 72.6 Å². The lowest BCUT2D eigenvalue weighted by molar-refractivity contribution is 0.0949. The van der Waals surface area contributed by atoms with Crippen LogP contribution in [0.5, 0.6) is 0 Å². The van der Waals surface area contributed by atoms with Gasteiger partial charge in [0.1, 0.15) is 5.76 Å². The number of hydrogen-bond donors (Lipinski definition) is 4. The average Bonchev–Trinajstić information content (AvgIpc) is 2.80. The largest absolute Gasteiger partial charge is 0.494 e. The Balaban J connectivity index is 1.62. The molecular formula is C24H29N3O4. The number of pyridine rings is 1. The van der Waals surface area contributed by atoms with Crippen LogP contribution in [0.2, 0.25) is 0 Å². The highest BCUT2D eigenvalue weighted by Crippen LogP contribution is 2.29. The van der Waals surface area contributed by atoms with Crippen LogP contribution in [0.3, 0.4) is 0 Å². The molecule has 0 aliphatic carbocycles. The van der Waals surface area contributed by atoms with Gasteiger partial charge < -0.3 is 25.6 Å². The second-order valence-electron chi connectivity index (χ2n) is 7.37. The zero-order valence-corrected chi connectivity index (χ0v) is 17.5. The lowest BCUT2D eigenvalue weighted by Gasteiger charge is -2.36. The second-order valence-corrected chi connectivity index (χ2v) is 7.37. The lowest BCUT2D eigenvalue weighted by Crippen LogP contribution is -2.46. The quantitative estimate of drug-likeness (QED) is 0.414. The topological polar surface area (TPSA) is 104 Å². The highest BCUT2D eigenvalue weighted by molar-refractivity contribution is 5.94. The van der Waals surface area contributed by atoms with E-state index in [-0.39, 0.29) is 19.1 Å². The monoisotopic (exact) mass is 423 g/mol. The summed E-state index contributed by atoms with van der Waals surface area (Å²) in [5, 5.41) is 25.5. The predicted octanol–water partition coefficient (Wildman–Crippen LogP) is 2.25. The van der Waals surface area contributed by atoms with Crippen molar-refractivity contribution in [1.82, 2.24) is 15.6 Å². The van der Waals surface area contributed by atoms with Gasteiger partial charge in [-0.05, 0) is 49.6 Å². The number of carbonyl (C=O) groups is 1. The molecule has 4 N–H and O–H groups in total. The van der Waals surface area contributed by atoms with Crippen molar-refractivity contribution < 1.29 is 19.7 Å². The summed E-state index contributed by atoms with van der Waals surface area (Å²) >= 11 is 0. The summed E-state index contributed by atoms with van der Waals surface area (Å²) in [5.74, 6) is 0.541. The number of carbonyl (C=O) groups excluding carboxylic acids is 1. The molecule has 1 amide bonds. The summed E-state index contributed by atoms with van der Waals surface area (Å²) < 4.78 is 5.97. The van der Waals surface area contributed by atoms with Crippen molar-refractivity contribution in [3.8, 4) is 0 Å². The van der Waals surface area contributed by atoms with Crippen molar-refractivity contribution in [3.63, 3.8) is 0 Å². The Morgan fingerprint density at radius 2 is 1.81 bits per heavy atom. The van der Waals surface area contributed by atoms with E-state index < -0.39 is 5.54 Å². The summed E-state index contributed by atoms with van der Waals surface area (Å²) in [4.78, 5) is 16.5. The van der Waals surface area contributed by atoms with Gasteiger partial charge in [0.2, 0.25) is 0 Å². The SMILES string of the molecule is O=C(NCCCOC1=CC(CCO)(CCO)NC(c2ccccn2)=C1)c1ccccc1. The zero-order valence-electron chi connectivity index (χ0n) is 17.5. The minimum atomic E-state index is -0.623. The molecule has 3 rings (SSSR count). The van der Waals surface area contributed by atoms with Crippen LogP contribution in [-0.4, -0.2) is 53.0 Å². The number of benzene rings is 1. The van der Waals surface area contributed by atoms with E-state index >= 15 is 0 Å². The molecule has 1 aromatic heterocycles. The molecule has 1 aliphatic heterocycles. The molecule has 1 aromatic carbocycles. The van der Waals surface area contributed by atoms with E-state index in [0.29, 0.717) is 43.7 Å². The van der Waals surface area contributed by atoms with Gasteiger partial charge in [0.15, 0.2) is 0 Å². The maximum Gasteiger partial charge on any atom is 0.251 e. The van der Waals surface area contributed by atoms with Gasteiger partial charge in [-0.2, -0.15) is 0 Å². The third-order valence-corrected chi connectivity index (χ3v) is 5.06. The molecule has 31 heavy (non-hydrogen) atoms. The molecule has 0 spiro atoms. The Bertz CT molecular complexity index is 892. The Morgan fingerprint density at radius 3 is 2.48 bits per heavy atom. The number of hydrogen-bond acceptors (Lipinski definition) is 6. The molecule has 0 radical (unpaired) electrons. The summed E-state index contributed by atoms with van der Waals surface area (Å²) in [6.07, 6.45) is 7.00. The van der Waals surface area contributed by atoms with E-state index in [1.54, 1.807) is 18.3 Å². The minimum absolute atomic E-state index is 0.0300. The molecule has 1 aliphatic rings. The van der Waals surface area contributed by atoms with E-state index in [9.17, 15) is 15.0 Å². The van der Waals surface area contributed by atoms with Gasteiger partial charge in [-0.25, -0.2) is 0 Å². The molecule has 7 nitrogen and oxygen atoms in total. The average molecular weight is 424 g/mol. The number of amides is 1. The first-order valence-electron chi connectivity index (χ1n) is 10.5. The Morgan fingerprint density at radius 1 is 1.06 bits per heavy atom. The van der Waals surface area contributed by atoms with Crippen molar-refractivity contribution in [1.29, 1.82) is 0 Å². The first-order valence-corrected chi connectivity index (χ1v) is 10.5. The molecular weight excluding hydrogens is 394 g/mol. The third kappa shape index (κ3) is 6.41. The summed E-state index contributed by atoms with van der Waals surface area (Å²) in [5.41, 5.74) is 1.54. The predicted molar refractivity (Wildman–Crippen MR) is 119 cm³/mol. The molecule has 0 saturated heterocycles. The van der Waals surface area contributed by atoms with Crippen LogP contribution in [0.25, 0.3) is 5.70 Å². The number of dihydropyridines is 1. The van der Waals surface area contributed by atoms with Crippen molar-refractivity contribution in [3.05, 3.63) is 83.9 Å². The number of ether oxygens (including phenoxy) is 1. The van der Waals surface area contributed by atoms with Gasteiger partial charge in [-0.3, -0.25) is 9.78 Å². The van der Waals surface area contributed by atoms with Gasteiger partial charge in [0, 0.05) is 37.6 Å². The number of rotatable bonds is 11. The van der Waals surface area contributed by atoms with Crippen LogP contribution in [0, 0.1) is 0 Å². The highest BCUT2D eigenvalue weighted by Gasteiger charge is 2.32. The summed E-state index contributed by atoms with van der Waals surface area (Å²) in [6.45, 7) is 0.852. The van der Waals surface area contributed by atoms with Crippen LogP contribution < -0.4 is 10.6 Å². The number of aliphatic hydroxyl groups excluding tert-OH is 2. The third-order valence-electron chi connectivity index (χ3n) is 5.06. The van der Waals surface area contributed by atoms with Gasteiger partial charge >= 0.3 is 0 Å². The fourth-order valence-corrected chi connectivity index (χ4v) is 3.49. The van der Waals surface area contributed by atoms with Crippen LogP contribution in [0.1, 0.15) is 35.3 Å². The maximum atomic E-state index is 12.1. The molecule has 0 fully saturated rings. The molecule has 164 valence electrons. The summed E-state index contributed by atoms with van der Waals surface area (Å²) in [6, 6.07) is 14.7. The van der Waals surface area contributed by atoms with E-state index in [1.165, 1.54) is 0 Å². The fraction of sp³-hybridized carbons (Fsp3) is 0.333. The van der Waals surface area contributed by atoms with E-state index in [1.807, 2.05) is 48.6 Å². The Hall–Kier alpha value is -3.16. The zero-order chi connectivity index (χ0) is 21.9. The number of nitrogens with one attached hydrogen (secondary N) is 2. The lowest BCUT2D eigenvalue weighted by atomic mass is 9.87. The molecule has 7 heteroatoms. The standard InChI is InChI=1S/C24H29N3O4/c28-14-10-24(11-15-29)18-20(17-22(27-24)21-9-4-5-12-25-21)31-16-6-13-26-23(30)19-7-2-1-3-8-19/h1-5,7-9,12,17-18,27-29H,6,10-11,13-16H2,(H,26,30). The van der Waals surface area contributed by atoms with Crippen molar-refractivity contribution in [2.45, 2.75) is 24.8 Å². The molecule has 0 unspecified atom stereocenters. The van der Waals surface area contributed by atoms with Crippen LogP contribution in [-0.2, 0) is 4.74 Å². The number of aromatic nitrogens is 1. The number of nitrogens with zero attached hydrogens (tertiary/aromatic N) is 1. The fourth-order valence-electron chi connectivity index (χ4n) is 3.49. The van der Waals surface area contributed by atoms with Gasteiger partial charge in [0.05, 0.1) is 23.5 Å². The highest BCUT2D eigenvalue weighted by atomic mass is 16.5. The van der Waals surface area contributed by atoms with Gasteiger partial charge in [0.25, 0.3) is 5.91 Å². The van der Waals surface area contributed by atoms with Crippen LogP contribution in [0.4, 0.5) is 0 Å². The Labute approximate surface area is 182 Å². The number of aliphatic hydroxyl groups is 2. The van der Waals surface area contributed by atoms with Crippen molar-refractivity contribution in [2.24, 2.45) is 0 Å². The molecule has 0 saturated carbocycles. The second kappa shape index (κ2) is 11.3. The Kier molecular flexibility index (Phi) is 8.20. The van der Waals surface area contributed by atoms with Gasteiger partial charge in [-0.1, -0.05) is 24.3 Å². The molecule has 2 aromatic rings. The van der Waals surface area contributed by atoms with E-state index in [2.05, 4.69) is 15.6 Å². The van der Waals surface area contributed by atoms with E-state index in [4.69, 9.17) is 4.74 Å². The van der Waals surface area contributed by atoms with E-state index in [0.717, 1.165) is 11.4 Å². The molecule has 2 heterocycles. The van der Waals surface area contributed by atoms with Crippen LogP contribution >= 0.6 is 0 Å². The number of allylic oxidation sites excluding steroid dienone is 1. The maximum absolute atomic E-state index is 12.1. The normalized spacial score (nSPS) is 14.8. The first-order chi connectivity index (χ1) is 15.2. The smallest absolute Gasteiger partial charge is 0.251 e. The first kappa shape index (κ1) is 22.5. The molecule has 0 atom stereocenters.